The fourth-order valence-corrected chi connectivity index (χ4v) is 2.21. The monoisotopic (exact) mass is 232 g/mol. The normalized spacial score (nSPS) is 20.6. The van der Waals surface area contributed by atoms with Gasteiger partial charge in [-0.15, -0.1) is 0 Å². The summed E-state index contributed by atoms with van der Waals surface area (Å²) in [6, 6.07) is 8.20. The van der Waals surface area contributed by atoms with Gasteiger partial charge in [-0.05, 0) is 36.7 Å². The number of rotatable bonds is 3. The Balaban J connectivity index is 1.68. The van der Waals surface area contributed by atoms with Crippen LogP contribution in [0.15, 0.2) is 28.8 Å². The first-order valence-electron chi connectivity index (χ1n) is 6.14. The molecule has 2 heterocycles. The van der Waals surface area contributed by atoms with Crippen molar-refractivity contribution in [1.29, 1.82) is 0 Å². The molecule has 17 heavy (non-hydrogen) atoms. The van der Waals surface area contributed by atoms with Crippen molar-refractivity contribution in [3.8, 4) is 5.88 Å². The number of benzene rings is 1. The lowest BCUT2D eigenvalue weighted by Crippen LogP contribution is -2.38. The molecule has 2 aromatic rings. The minimum atomic E-state index is 0.444. The fraction of sp³-hybridized carbons (Fsp3) is 0.462. The minimum absolute atomic E-state index is 0.444. The van der Waals surface area contributed by atoms with E-state index in [2.05, 4.69) is 10.5 Å². The highest BCUT2D eigenvalue weighted by Crippen LogP contribution is 2.24. The Morgan fingerprint density at radius 1 is 1.35 bits per heavy atom. The molecule has 0 saturated carbocycles. The van der Waals surface area contributed by atoms with Crippen LogP contribution in [-0.4, -0.2) is 24.4 Å². The van der Waals surface area contributed by atoms with Crippen LogP contribution in [0.4, 0.5) is 0 Å². The van der Waals surface area contributed by atoms with Crippen molar-refractivity contribution in [3.63, 3.8) is 0 Å². The van der Waals surface area contributed by atoms with Crippen molar-refractivity contribution in [1.82, 2.24) is 10.5 Å². The molecule has 90 valence electrons. The molecule has 1 atom stereocenters. The summed E-state index contributed by atoms with van der Waals surface area (Å²) in [7, 11) is 0. The average molecular weight is 232 g/mol. The first-order chi connectivity index (χ1) is 8.43. The van der Waals surface area contributed by atoms with Gasteiger partial charge in [-0.3, -0.25) is 0 Å². The summed E-state index contributed by atoms with van der Waals surface area (Å²) >= 11 is 0. The summed E-state index contributed by atoms with van der Waals surface area (Å²) in [4.78, 5) is 0. The third kappa shape index (κ3) is 2.26. The van der Waals surface area contributed by atoms with Crippen LogP contribution in [0.2, 0.25) is 0 Å². The molecule has 0 bridgehead atoms. The lowest BCUT2D eigenvalue weighted by molar-refractivity contribution is 0.224. The molecule has 4 nitrogen and oxygen atoms in total. The Hall–Kier alpha value is -1.55. The summed E-state index contributed by atoms with van der Waals surface area (Å²) < 4.78 is 10.9. The summed E-state index contributed by atoms with van der Waals surface area (Å²) in [5.74, 6) is 0.605. The van der Waals surface area contributed by atoms with E-state index in [1.165, 1.54) is 19.3 Å². The Labute approximate surface area is 99.9 Å². The highest BCUT2D eigenvalue weighted by atomic mass is 16.5. The van der Waals surface area contributed by atoms with E-state index in [1.54, 1.807) is 0 Å². The predicted molar refractivity (Wildman–Crippen MR) is 65.1 cm³/mol. The molecule has 0 spiro atoms. The van der Waals surface area contributed by atoms with Crippen LogP contribution in [0.1, 0.15) is 19.3 Å². The standard InChI is InChI=1S/C13H16N2O2/c1-2-7-12-11(6-1)13(15-17-12)16-9-10-5-3-4-8-14-10/h1-2,6-7,10,14H,3-5,8-9H2. The second-order valence-electron chi connectivity index (χ2n) is 4.44. The minimum Gasteiger partial charge on any atom is -0.473 e. The number of aromatic nitrogens is 1. The summed E-state index contributed by atoms with van der Waals surface area (Å²) in [5.41, 5.74) is 0.777. The lowest BCUT2D eigenvalue weighted by atomic mass is 10.1. The first-order valence-corrected chi connectivity index (χ1v) is 6.14. The Morgan fingerprint density at radius 3 is 3.18 bits per heavy atom. The Morgan fingerprint density at radius 2 is 2.29 bits per heavy atom. The van der Waals surface area contributed by atoms with Crippen LogP contribution in [0.3, 0.4) is 0 Å². The highest BCUT2D eigenvalue weighted by Gasteiger charge is 2.15. The van der Waals surface area contributed by atoms with E-state index in [9.17, 15) is 0 Å². The molecule has 1 aliphatic heterocycles. The van der Waals surface area contributed by atoms with E-state index in [1.807, 2.05) is 24.3 Å². The number of ether oxygens (including phenoxy) is 1. The van der Waals surface area contributed by atoms with E-state index in [0.29, 0.717) is 18.5 Å². The molecule has 0 radical (unpaired) electrons. The Kier molecular flexibility index (Phi) is 2.96. The van der Waals surface area contributed by atoms with Gasteiger partial charge in [0.15, 0.2) is 5.58 Å². The number of hydrogen-bond donors (Lipinski definition) is 1. The Bertz CT molecular complexity index is 489. The molecule has 1 aliphatic rings. The smallest absolute Gasteiger partial charge is 0.262 e. The zero-order chi connectivity index (χ0) is 11.5. The van der Waals surface area contributed by atoms with Crippen LogP contribution in [0.25, 0.3) is 11.0 Å². The third-order valence-corrected chi connectivity index (χ3v) is 3.18. The summed E-state index contributed by atoms with van der Waals surface area (Å²) in [5, 5.41) is 8.35. The van der Waals surface area contributed by atoms with Crippen molar-refractivity contribution in [2.45, 2.75) is 25.3 Å². The predicted octanol–water partition coefficient (Wildman–Crippen LogP) is 2.35. The van der Waals surface area contributed by atoms with E-state index in [-0.39, 0.29) is 0 Å². The zero-order valence-electron chi connectivity index (χ0n) is 9.69. The van der Waals surface area contributed by atoms with Crippen LogP contribution in [0.5, 0.6) is 5.88 Å². The van der Waals surface area contributed by atoms with Gasteiger partial charge in [0, 0.05) is 6.04 Å². The molecule has 1 unspecified atom stereocenters. The van der Waals surface area contributed by atoms with Gasteiger partial charge in [-0.1, -0.05) is 18.6 Å². The maximum absolute atomic E-state index is 5.73. The van der Waals surface area contributed by atoms with Gasteiger partial charge in [0.25, 0.3) is 5.88 Å². The van der Waals surface area contributed by atoms with Gasteiger partial charge in [0.1, 0.15) is 6.61 Å². The van der Waals surface area contributed by atoms with E-state index < -0.39 is 0 Å². The molecule has 0 amide bonds. The van der Waals surface area contributed by atoms with Gasteiger partial charge < -0.3 is 14.6 Å². The number of nitrogens with one attached hydrogen (secondary N) is 1. The molecule has 0 aliphatic carbocycles. The second kappa shape index (κ2) is 4.75. The van der Waals surface area contributed by atoms with Crippen molar-refractivity contribution >= 4 is 11.0 Å². The lowest BCUT2D eigenvalue weighted by Gasteiger charge is -2.22. The number of para-hydroxylation sites is 1. The molecule has 1 fully saturated rings. The van der Waals surface area contributed by atoms with Crippen molar-refractivity contribution in [2.24, 2.45) is 0 Å². The van der Waals surface area contributed by atoms with Crippen LogP contribution < -0.4 is 10.1 Å². The van der Waals surface area contributed by atoms with Crippen LogP contribution in [0, 0.1) is 0 Å². The average Bonchev–Trinajstić information content (AvgIpc) is 2.81. The van der Waals surface area contributed by atoms with Crippen molar-refractivity contribution in [2.75, 3.05) is 13.2 Å². The maximum atomic E-state index is 5.73. The topological polar surface area (TPSA) is 47.3 Å². The molecule has 1 aromatic carbocycles. The van der Waals surface area contributed by atoms with E-state index >= 15 is 0 Å². The number of hydrogen-bond acceptors (Lipinski definition) is 4. The van der Waals surface area contributed by atoms with Crippen LogP contribution in [-0.2, 0) is 0 Å². The van der Waals surface area contributed by atoms with Crippen LogP contribution >= 0.6 is 0 Å². The quantitative estimate of drug-likeness (QED) is 0.882. The molecule has 1 aromatic heterocycles. The molecular weight excluding hydrogens is 216 g/mol. The SMILES string of the molecule is c1ccc2c(OCC3CCCCN3)noc2c1. The second-order valence-corrected chi connectivity index (χ2v) is 4.44. The molecular formula is C13H16N2O2. The third-order valence-electron chi connectivity index (χ3n) is 3.18. The van der Waals surface area contributed by atoms with Gasteiger partial charge in [0.05, 0.1) is 5.39 Å². The largest absolute Gasteiger partial charge is 0.473 e. The first kappa shape index (κ1) is 10.6. The fourth-order valence-electron chi connectivity index (χ4n) is 2.21. The summed E-state index contributed by atoms with van der Waals surface area (Å²) in [6.45, 7) is 1.75. The number of fused-ring (bicyclic) bond motifs is 1. The molecule has 4 heteroatoms. The summed E-state index contributed by atoms with van der Waals surface area (Å²) in [6.07, 6.45) is 3.72. The number of nitrogens with zero attached hydrogens (tertiary/aromatic N) is 1. The highest BCUT2D eigenvalue weighted by molar-refractivity contribution is 5.81. The van der Waals surface area contributed by atoms with Crippen molar-refractivity contribution in [3.05, 3.63) is 24.3 Å². The van der Waals surface area contributed by atoms with Gasteiger partial charge in [-0.2, -0.15) is 0 Å². The molecule has 1 N–H and O–H groups in total. The molecule has 1 saturated heterocycles. The van der Waals surface area contributed by atoms with E-state index in [0.717, 1.165) is 17.5 Å². The van der Waals surface area contributed by atoms with Gasteiger partial charge in [-0.25, -0.2) is 0 Å². The number of piperidine rings is 1. The molecule has 3 rings (SSSR count). The zero-order valence-corrected chi connectivity index (χ0v) is 9.69. The van der Waals surface area contributed by atoms with Crippen molar-refractivity contribution < 1.29 is 9.26 Å². The van der Waals surface area contributed by atoms with Gasteiger partial charge in [0.2, 0.25) is 0 Å². The maximum Gasteiger partial charge on any atom is 0.262 e. The van der Waals surface area contributed by atoms with Gasteiger partial charge >= 0.3 is 0 Å². The van der Waals surface area contributed by atoms with E-state index in [4.69, 9.17) is 9.26 Å².